The Morgan fingerprint density at radius 2 is 2.35 bits per heavy atom. The smallest absolute Gasteiger partial charge is 0.253 e. The number of nitrogens with two attached hydrogens (primary N) is 1. The fraction of sp³-hybridized carbons (Fsp3) is 0.154. The van der Waals surface area contributed by atoms with Crippen LogP contribution >= 0.6 is 0 Å². The summed E-state index contributed by atoms with van der Waals surface area (Å²) in [6.07, 6.45) is 3.51. The van der Waals surface area contributed by atoms with Gasteiger partial charge >= 0.3 is 0 Å². The summed E-state index contributed by atoms with van der Waals surface area (Å²) in [6, 6.07) is 5.39. The molecule has 4 N–H and O–H groups in total. The first-order valence-electron chi connectivity index (χ1n) is 6.14. The summed E-state index contributed by atoms with van der Waals surface area (Å²) < 4.78 is 4.86. The lowest BCUT2D eigenvalue weighted by molar-refractivity contribution is 0.0955. The van der Waals surface area contributed by atoms with Crippen LogP contribution in [0.5, 0.6) is 0 Å². The highest BCUT2D eigenvalue weighted by Crippen LogP contribution is 2.20. The molecule has 1 aromatic carbocycles. The monoisotopic (exact) mass is 271 g/mol. The Labute approximate surface area is 114 Å². The van der Waals surface area contributed by atoms with Crippen molar-refractivity contribution in [2.45, 2.75) is 6.42 Å². The van der Waals surface area contributed by atoms with Crippen LogP contribution in [-0.2, 0) is 6.42 Å². The Morgan fingerprint density at radius 1 is 1.45 bits per heavy atom. The van der Waals surface area contributed by atoms with E-state index in [9.17, 15) is 4.79 Å². The molecule has 2 heterocycles. The summed E-state index contributed by atoms with van der Waals surface area (Å²) in [5.74, 6) is 0.345. The average molecular weight is 271 g/mol. The van der Waals surface area contributed by atoms with Gasteiger partial charge in [-0.15, -0.1) is 0 Å². The number of nitrogens with zero attached hydrogens (tertiary/aromatic N) is 2. The van der Waals surface area contributed by atoms with Crippen molar-refractivity contribution in [2.24, 2.45) is 0 Å². The topological polar surface area (TPSA) is 110 Å². The number of hydrogen-bond donors (Lipinski definition) is 3. The van der Waals surface area contributed by atoms with E-state index in [1.54, 1.807) is 18.3 Å². The van der Waals surface area contributed by atoms with E-state index in [4.69, 9.17) is 10.3 Å². The summed E-state index contributed by atoms with van der Waals surface area (Å²) >= 11 is 0. The lowest BCUT2D eigenvalue weighted by Crippen LogP contribution is -2.25. The van der Waals surface area contributed by atoms with E-state index in [0.29, 0.717) is 30.1 Å². The first-order valence-corrected chi connectivity index (χ1v) is 6.14. The molecule has 0 saturated heterocycles. The number of hydrogen-bond acceptors (Lipinski definition) is 5. The van der Waals surface area contributed by atoms with Crippen molar-refractivity contribution in [3.05, 3.63) is 42.2 Å². The fourth-order valence-electron chi connectivity index (χ4n) is 2.02. The van der Waals surface area contributed by atoms with Crippen LogP contribution in [0, 0.1) is 0 Å². The van der Waals surface area contributed by atoms with Crippen LogP contribution in [0.25, 0.3) is 10.9 Å². The van der Waals surface area contributed by atoms with Crippen molar-refractivity contribution in [3.63, 3.8) is 0 Å². The molecule has 0 aliphatic rings. The molecular weight excluding hydrogens is 258 g/mol. The molecule has 0 fully saturated rings. The third-order valence-electron chi connectivity index (χ3n) is 2.98. The van der Waals surface area contributed by atoms with Gasteiger partial charge in [0.15, 0.2) is 6.33 Å². The number of H-pyrrole nitrogens is 1. The van der Waals surface area contributed by atoms with Crippen LogP contribution in [0.3, 0.4) is 0 Å². The fourth-order valence-corrected chi connectivity index (χ4v) is 2.02. The Bertz CT molecular complexity index is 732. The first-order chi connectivity index (χ1) is 9.74. The molecule has 2 aromatic heterocycles. The van der Waals surface area contributed by atoms with E-state index in [1.807, 2.05) is 6.07 Å². The van der Waals surface area contributed by atoms with Crippen LogP contribution in [0.4, 0.5) is 5.69 Å². The zero-order valence-electron chi connectivity index (χ0n) is 10.6. The molecule has 3 aromatic rings. The van der Waals surface area contributed by atoms with Gasteiger partial charge in [-0.1, -0.05) is 5.16 Å². The maximum absolute atomic E-state index is 12.1. The number of amides is 1. The molecule has 0 bridgehead atoms. The van der Waals surface area contributed by atoms with Gasteiger partial charge in [0.2, 0.25) is 5.89 Å². The Kier molecular flexibility index (Phi) is 3.08. The summed E-state index contributed by atoms with van der Waals surface area (Å²) in [6.45, 7) is 0.433. The van der Waals surface area contributed by atoms with E-state index in [0.717, 1.165) is 10.9 Å². The van der Waals surface area contributed by atoms with Gasteiger partial charge in [-0.25, -0.2) is 0 Å². The molecule has 0 atom stereocenters. The minimum atomic E-state index is -0.152. The third-order valence-corrected chi connectivity index (χ3v) is 2.98. The first kappa shape index (κ1) is 12.2. The summed E-state index contributed by atoms with van der Waals surface area (Å²) in [5.41, 5.74) is 7.78. The van der Waals surface area contributed by atoms with Crippen molar-refractivity contribution in [1.29, 1.82) is 0 Å². The molecule has 0 spiro atoms. The Balaban J connectivity index is 1.69. The number of anilines is 1. The van der Waals surface area contributed by atoms with Crippen LogP contribution in [0.15, 0.2) is 35.2 Å². The van der Waals surface area contributed by atoms with Crippen molar-refractivity contribution < 1.29 is 9.32 Å². The van der Waals surface area contributed by atoms with Gasteiger partial charge in [0.05, 0.1) is 5.56 Å². The van der Waals surface area contributed by atoms with Crippen molar-refractivity contribution in [2.75, 3.05) is 12.3 Å². The molecule has 0 saturated carbocycles. The van der Waals surface area contributed by atoms with E-state index in [1.165, 1.54) is 6.33 Å². The molecular formula is C13H13N5O2. The molecule has 3 rings (SSSR count). The number of carbonyl (C=O) groups excluding carboxylic acids is 1. The van der Waals surface area contributed by atoms with E-state index in [2.05, 4.69) is 20.4 Å². The van der Waals surface area contributed by atoms with E-state index >= 15 is 0 Å². The van der Waals surface area contributed by atoms with Gasteiger partial charge in [0, 0.05) is 35.8 Å². The number of nitrogen functional groups attached to an aromatic ring is 1. The minimum absolute atomic E-state index is 0.152. The van der Waals surface area contributed by atoms with Gasteiger partial charge in [0.1, 0.15) is 0 Å². The predicted molar refractivity (Wildman–Crippen MR) is 73.0 cm³/mol. The number of aromatic nitrogens is 3. The second-order valence-electron chi connectivity index (χ2n) is 4.35. The summed E-state index contributed by atoms with van der Waals surface area (Å²) in [7, 11) is 0. The quantitative estimate of drug-likeness (QED) is 0.615. The van der Waals surface area contributed by atoms with Crippen LogP contribution in [0.1, 0.15) is 16.2 Å². The van der Waals surface area contributed by atoms with Crippen LogP contribution in [-0.4, -0.2) is 27.6 Å². The van der Waals surface area contributed by atoms with Crippen LogP contribution < -0.4 is 11.1 Å². The summed E-state index contributed by atoms with van der Waals surface area (Å²) in [5, 5.41) is 7.16. The number of rotatable bonds is 4. The third kappa shape index (κ3) is 2.33. The number of benzene rings is 1. The minimum Gasteiger partial charge on any atom is -0.399 e. The van der Waals surface area contributed by atoms with Crippen molar-refractivity contribution >= 4 is 22.5 Å². The summed E-state index contributed by atoms with van der Waals surface area (Å²) in [4.78, 5) is 19.0. The average Bonchev–Trinajstić information content (AvgIpc) is 3.07. The standard InChI is InChI=1S/C13H13N5O2/c14-8-1-2-9-10(6-16-11(9)5-8)13(19)15-4-3-12-17-7-18-20-12/h1-2,5-7,16H,3-4,14H2,(H,15,19). The molecule has 0 radical (unpaired) electrons. The molecule has 0 aliphatic carbocycles. The highest BCUT2D eigenvalue weighted by atomic mass is 16.5. The number of carbonyl (C=O) groups is 1. The SMILES string of the molecule is Nc1ccc2c(C(=O)NCCc3ncno3)c[nH]c2c1. The number of nitrogens with one attached hydrogen (secondary N) is 2. The highest BCUT2D eigenvalue weighted by molar-refractivity contribution is 6.07. The van der Waals surface area contributed by atoms with Crippen molar-refractivity contribution in [3.8, 4) is 0 Å². The molecule has 0 aliphatic heterocycles. The second kappa shape index (κ2) is 5.04. The lowest BCUT2D eigenvalue weighted by atomic mass is 10.1. The van der Waals surface area contributed by atoms with Gasteiger partial charge in [-0.2, -0.15) is 4.98 Å². The predicted octanol–water partition coefficient (Wildman–Crippen LogP) is 1.11. The largest absolute Gasteiger partial charge is 0.399 e. The maximum atomic E-state index is 12.1. The molecule has 7 heteroatoms. The maximum Gasteiger partial charge on any atom is 0.253 e. The van der Waals surface area contributed by atoms with E-state index < -0.39 is 0 Å². The van der Waals surface area contributed by atoms with Gasteiger partial charge in [-0.3, -0.25) is 4.79 Å². The van der Waals surface area contributed by atoms with Crippen LogP contribution in [0.2, 0.25) is 0 Å². The lowest BCUT2D eigenvalue weighted by Gasteiger charge is -2.02. The zero-order chi connectivity index (χ0) is 13.9. The van der Waals surface area contributed by atoms with Gasteiger partial charge in [0.25, 0.3) is 5.91 Å². The highest BCUT2D eigenvalue weighted by Gasteiger charge is 2.12. The number of aromatic amines is 1. The Hall–Kier alpha value is -2.83. The van der Waals surface area contributed by atoms with Gasteiger partial charge in [-0.05, 0) is 18.2 Å². The molecule has 7 nitrogen and oxygen atoms in total. The van der Waals surface area contributed by atoms with E-state index in [-0.39, 0.29) is 5.91 Å². The molecule has 1 amide bonds. The molecule has 20 heavy (non-hydrogen) atoms. The zero-order valence-corrected chi connectivity index (χ0v) is 10.6. The Morgan fingerprint density at radius 3 is 3.15 bits per heavy atom. The normalized spacial score (nSPS) is 10.8. The van der Waals surface area contributed by atoms with Crippen molar-refractivity contribution in [1.82, 2.24) is 20.4 Å². The molecule has 0 unspecified atom stereocenters. The second-order valence-corrected chi connectivity index (χ2v) is 4.35. The van der Waals surface area contributed by atoms with Gasteiger partial charge < -0.3 is 20.6 Å². The number of fused-ring (bicyclic) bond motifs is 1. The molecule has 102 valence electrons.